The molecule has 0 fully saturated rings. The van der Waals surface area contributed by atoms with Gasteiger partial charge < -0.3 is 15.3 Å². The van der Waals surface area contributed by atoms with E-state index in [1.165, 1.54) is 0 Å². The van der Waals surface area contributed by atoms with Gasteiger partial charge in [-0.1, -0.05) is 29.8 Å². The van der Waals surface area contributed by atoms with Crippen molar-refractivity contribution in [1.82, 2.24) is 5.32 Å². The number of rotatable bonds is 5. The van der Waals surface area contributed by atoms with Gasteiger partial charge in [0.1, 0.15) is 16.9 Å². The van der Waals surface area contributed by atoms with E-state index in [1.807, 2.05) is 6.07 Å². The van der Waals surface area contributed by atoms with Gasteiger partial charge in [0, 0.05) is 26.9 Å². The lowest BCUT2D eigenvalue weighted by atomic mass is 9.92. The molecule has 6 nitrogen and oxygen atoms in total. The van der Waals surface area contributed by atoms with Gasteiger partial charge >= 0.3 is 0 Å². The third-order valence-corrected chi connectivity index (χ3v) is 6.04. The van der Waals surface area contributed by atoms with Crippen LogP contribution in [0.1, 0.15) is 39.1 Å². The first-order valence-corrected chi connectivity index (χ1v) is 10.4. The highest BCUT2D eigenvalue weighted by atomic mass is 35.5. The molecule has 156 valence electrons. The number of amides is 2. The SMILES string of the molecule is NCCCCc1cc2oc3cc(-c4ccccc4Cl)c4c(c3c2cc1O)C(=O)NC4=O. The molecule has 4 N–H and O–H groups in total. The Morgan fingerprint density at radius 1 is 0.968 bits per heavy atom. The fourth-order valence-electron chi connectivity index (χ4n) is 4.26. The minimum atomic E-state index is -0.492. The van der Waals surface area contributed by atoms with Crippen LogP contribution < -0.4 is 11.1 Å². The van der Waals surface area contributed by atoms with Gasteiger partial charge in [-0.2, -0.15) is 0 Å². The third-order valence-electron chi connectivity index (χ3n) is 5.71. The summed E-state index contributed by atoms with van der Waals surface area (Å²) in [7, 11) is 0. The Hall–Kier alpha value is -3.35. The Morgan fingerprint density at radius 2 is 1.74 bits per heavy atom. The molecule has 0 bridgehead atoms. The maximum Gasteiger partial charge on any atom is 0.259 e. The molecule has 0 atom stereocenters. The van der Waals surface area contributed by atoms with E-state index < -0.39 is 11.8 Å². The number of aromatic hydroxyl groups is 1. The summed E-state index contributed by atoms with van der Waals surface area (Å²) in [6.45, 7) is 0.591. The number of carbonyl (C=O) groups is 2. The highest BCUT2D eigenvalue weighted by Crippen LogP contribution is 2.43. The monoisotopic (exact) mass is 434 g/mol. The maximum atomic E-state index is 12.7. The molecule has 1 aromatic heterocycles. The number of unbranched alkanes of at least 4 members (excludes halogenated alkanes) is 1. The van der Waals surface area contributed by atoms with Gasteiger partial charge in [-0.05, 0) is 55.6 Å². The molecule has 5 rings (SSSR count). The largest absolute Gasteiger partial charge is 0.508 e. The standard InChI is InChI=1S/C24H19ClN2O4/c25-16-7-2-1-6-13(16)14-11-19-20(22-21(14)23(29)27-24(22)30)15-10-17(28)12(5-3-4-8-26)9-18(15)31-19/h1-2,6-7,9-11,28H,3-5,8,26H2,(H,27,29,30). The highest BCUT2D eigenvalue weighted by Gasteiger charge is 2.34. The van der Waals surface area contributed by atoms with Crippen LogP contribution in [-0.4, -0.2) is 23.5 Å². The molecule has 1 aliphatic rings. The Morgan fingerprint density at radius 3 is 2.52 bits per heavy atom. The number of imide groups is 1. The van der Waals surface area contributed by atoms with E-state index in [0.29, 0.717) is 51.1 Å². The molecular formula is C24H19ClN2O4. The van der Waals surface area contributed by atoms with E-state index >= 15 is 0 Å². The van der Waals surface area contributed by atoms with Crippen molar-refractivity contribution in [3.05, 3.63) is 64.2 Å². The molecule has 0 radical (unpaired) electrons. The molecule has 2 amide bonds. The summed E-state index contributed by atoms with van der Waals surface area (Å²) in [5.74, 6) is -0.845. The van der Waals surface area contributed by atoms with Crippen LogP contribution in [0.25, 0.3) is 33.1 Å². The first-order chi connectivity index (χ1) is 15.0. The molecule has 0 aliphatic carbocycles. The topological polar surface area (TPSA) is 106 Å². The summed E-state index contributed by atoms with van der Waals surface area (Å²) in [4.78, 5) is 25.4. The lowest BCUT2D eigenvalue weighted by molar-refractivity contribution is 0.0880. The van der Waals surface area contributed by atoms with Crippen LogP contribution in [0.5, 0.6) is 5.75 Å². The summed E-state index contributed by atoms with van der Waals surface area (Å²) in [6, 6.07) is 12.3. The zero-order valence-electron chi connectivity index (χ0n) is 16.5. The molecule has 0 saturated carbocycles. The summed E-state index contributed by atoms with van der Waals surface area (Å²) >= 11 is 6.39. The van der Waals surface area contributed by atoms with E-state index in [0.717, 1.165) is 18.4 Å². The Bertz CT molecular complexity index is 1390. The second kappa shape index (κ2) is 7.41. The van der Waals surface area contributed by atoms with E-state index in [4.69, 9.17) is 21.8 Å². The second-order valence-corrected chi connectivity index (χ2v) is 8.04. The van der Waals surface area contributed by atoms with Gasteiger partial charge in [-0.25, -0.2) is 0 Å². The molecule has 3 aromatic carbocycles. The molecule has 1 aliphatic heterocycles. The number of halogens is 1. The summed E-state index contributed by atoms with van der Waals surface area (Å²) < 4.78 is 6.10. The average Bonchev–Trinajstić information content (AvgIpc) is 3.24. The van der Waals surface area contributed by atoms with Crippen molar-refractivity contribution in [3.63, 3.8) is 0 Å². The normalized spacial score (nSPS) is 13.2. The van der Waals surface area contributed by atoms with Crippen LogP contribution in [0.4, 0.5) is 0 Å². The van der Waals surface area contributed by atoms with E-state index in [9.17, 15) is 14.7 Å². The van der Waals surface area contributed by atoms with Gasteiger partial charge in [0.25, 0.3) is 11.8 Å². The van der Waals surface area contributed by atoms with Crippen LogP contribution in [0, 0.1) is 0 Å². The molecule has 4 aromatic rings. The zero-order chi connectivity index (χ0) is 21.7. The average molecular weight is 435 g/mol. The predicted molar refractivity (Wildman–Crippen MR) is 120 cm³/mol. The lowest BCUT2D eigenvalue weighted by Gasteiger charge is -2.09. The number of nitrogens with one attached hydrogen (secondary N) is 1. The van der Waals surface area contributed by atoms with Gasteiger partial charge in [0.2, 0.25) is 0 Å². The number of phenolic OH excluding ortho intramolecular Hbond substituents is 1. The minimum Gasteiger partial charge on any atom is -0.508 e. The van der Waals surface area contributed by atoms with E-state index in [1.54, 1.807) is 36.4 Å². The number of benzene rings is 3. The number of carbonyl (C=O) groups excluding carboxylic acids is 2. The van der Waals surface area contributed by atoms with Crippen LogP contribution in [0.3, 0.4) is 0 Å². The minimum absolute atomic E-state index is 0.126. The number of fused-ring (bicyclic) bond motifs is 5. The van der Waals surface area contributed by atoms with Crippen LogP contribution in [0.15, 0.2) is 46.9 Å². The number of phenols is 1. The highest BCUT2D eigenvalue weighted by molar-refractivity contribution is 6.35. The Labute approximate surface area is 182 Å². The predicted octanol–water partition coefficient (Wildman–Crippen LogP) is 4.78. The molecule has 0 saturated heterocycles. The second-order valence-electron chi connectivity index (χ2n) is 7.64. The number of aryl methyl sites for hydroxylation is 1. The Kier molecular flexibility index (Phi) is 4.68. The summed E-state index contributed by atoms with van der Waals surface area (Å²) in [6.07, 6.45) is 2.37. The van der Waals surface area contributed by atoms with Crippen LogP contribution in [0.2, 0.25) is 5.02 Å². The molecule has 0 spiro atoms. The van der Waals surface area contributed by atoms with E-state index in [2.05, 4.69) is 5.32 Å². The molecule has 31 heavy (non-hydrogen) atoms. The summed E-state index contributed by atoms with van der Waals surface area (Å²) in [5.41, 5.74) is 8.99. The van der Waals surface area contributed by atoms with Crippen molar-refractivity contribution in [3.8, 4) is 16.9 Å². The first-order valence-electron chi connectivity index (χ1n) is 10.1. The van der Waals surface area contributed by atoms with Crippen molar-refractivity contribution < 1.29 is 19.1 Å². The van der Waals surface area contributed by atoms with Crippen molar-refractivity contribution in [2.24, 2.45) is 5.73 Å². The lowest BCUT2D eigenvalue weighted by Crippen LogP contribution is -2.20. The fourth-order valence-corrected chi connectivity index (χ4v) is 4.50. The number of hydrogen-bond acceptors (Lipinski definition) is 5. The van der Waals surface area contributed by atoms with Gasteiger partial charge in [0.15, 0.2) is 0 Å². The van der Waals surface area contributed by atoms with Crippen LogP contribution >= 0.6 is 11.6 Å². The van der Waals surface area contributed by atoms with Crippen molar-refractivity contribution >= 4 is 45.4 Å². The van der Waals surface area contributed by atoms with Crippen molar-refractivity contribution in [2.45, 2.75) is 19.3 Å². The quantitative estimate of drug-likeness (QED) is 0.309. The molecule has 0 unspecified atom stereocenters. The number of hydrogen-bond donors (Lipinski definition) is 3. The molecular weight excluding hydrogens is 416 g/mol. The summed E-state index contributed by atoms with van der Waals surface area (Å²) in [5, 5.41) is 14.5. The van der Waals surface area contributed by atoms with Gasteiger partial charge in [-0.3, -0.25) is 14.9 Å². The van der Waals surface area contributed by atoms with Gasteiger partial charge in [0.05, 0.1) is 11.1 Å². The first kappa shape index (κ1) is 19.6. The van der Waals surface area contributed by atoms with Gasteiger partial charge in [-0.15, -0.1) is 0 Å². The Balaban J connectivity index is 1.80. The fraction of sp³-hybridized carbons (Fsp3) is 0.167. The smallest absolute Gasteiger partial charge is 0.259 e. The number of nitrogens with two attached hydrogens (primary N) is 1. The molecule has 2 heterocycles. The van der Waals surface area contributed by atoms with Crippen LogP contribution in [-0.2, 0) is 6.42 Å². The van der Waals surface area contributed by atoms with E-state index in [-0.39, 0.29) is 16.9 Å². The third kappa shape index (κ3) is 3.07. The zero-order valence-corrected chi connectivity index (χ0v) is 17.3. The maximum absolute atomic E-state index is 12.7. The molecule has 7 heteroatoms. The van der Waals surface area contributed by atoms with Crippen molar-refractivity contribution in [2.75, 3.05) is 6.54 Å². The number of furan rings is 1. The van der Waals surface area contributed by atoms with Crippen molar-refractivity contribution in [1.29, 1.82) is 0 Å².